The quantitative estimate of drug-likeness (QED) is 0.530. The molecular weight excluding hydrogens is 112 g/mol. The second kappa shape index (κ2) is 3.44. The normalized spacial score (nSPS) is 12.8. The van der Waals surface area contributed by atoms with Gasteiger partial charge in [-0.2, -0.15) is 0 Å². The summed E-state index contributed by atoms with van der Waals surface area (Å²) in [5, 5.41) is 0. The molecule has 1 atom stereocenters. The summed E-state index contributed by atoms with van der Waals surface area (Å²) >= 11 is 0. The van der Waals surface area contributed by atoms with Crippen molar-refractivity contribution in [2.24, 2.45) is 5.92 Å². The molecule has 0 heterocycles. The molecule has 1 heteroatoms. The van der Waals surface area contributed by atoms with Gasteiger partial charge in [-0.05, 0) is 19.8 Å². The Kier molecular flexibility index (Phi) is 3.21. The zero-order valence-corrected chi connectivity index (χ0v) is 6.40. The van der Waals surface area contributed by atoms with E-state index in [-0.39, 0.29) is 5.78 Å². The molecule has 0 saturated carbocycles. The Bertz CT molecular complexity index is 125. The lowest BCUT2D eigenvalue weighted by Crippen LogP contribution is -2.01. The van der Waals surface area contributed by atoms with E-state index in [1.807, 2.05) is 13.8 Å². The van der Waals surface area contributed by atoms with Gasteiger partial charge in [0, 0.05) is 6.42 Å². The zero-order chi connectivity index (χ0) is 7.44. The molecule has 0 radical (unpaired) electrons. The molecule has 0 aromatic carbocycles. The van der Waals surface area contributed by atoms with Gasteiger partial charge >= 0.3 is 0 Å². The zero-order valence-electron chi connectivity index (χ0n) is 6.40. The lowest BCUT2D eigenvalue weighted by atomic mass is 9.99. The van der Waals surface area contributed by atoms with E-state index in [9.17, 15) is 4.79 Å². The maximum Gasteiger partial charge on any atom is 0.130 e. The number of allylic oxidation sites excluding steroid dienone is 1. The predicted molar refractivity (Wildman–Crippen MR) is 39.3 cm³/mol. The molecule has 1 nitrogen and oxygen atoms in total. The summed E-state index contributed by atoms with van der Waals surface area (Å²) in [5.41, 5.74) is 1.09. The van der Waals surface area contributed by atoms with Crippen LogP contribution in [0.25, 0.3) is 0 Å². The second-order valence-corrected chi connectivity index (χ2v) is 2.65. The van der Waals surface area contributed by atoms with Crippen LogP contribution in [0.1, 0.15) is 27.2 Å². The maximum absolute atomic E-state index is 10.5. The van der Waals surface area contributed by atoms with Gasteiger partial charge in [0.1, 0.15) is 5.78 Å². The topological polar surface area (TPSA) is 17.1 Å². The molecule has 0 rings (SSSR count). The molecule has 52 valence electrons. The number of carbonyl (C=O) groups is 1. The molecule has 0 aliphatic carbocycles. The Morgan fingerprint density at radius 1 is 1.56 bits per heavy atom. The number of carbonyl (C=O) groups excluding carboxylic acids is 1. The molecule has 0 N–H and O–H groups in total. The number of hydrogen-bond donors (Lipinski definition) is 0. The minimum atomic E-state index is 0.241. The van der Waals surface area contributed by atoms with Crippen LogP contribution in [0, 0.1) is 5.92 Å². The largest absolute Gasteiger partial charge is 0.300 e. The Morgan fingerprint density at radius 3 is 2.11 bits per heavy atom. The van der Waals surface area contributed by atoms with E-state index < -0.39 is 0 Å². The van der Waals surface area contributed by atoms with Crippen LogP contribution in [0.2, 0.25) is 0 Å². The summed E-state index contributed by atoms with van der Waals surface area (Å²) in [6, 6.07) is 0. The van der Waals surface area contributed by atoms with Gasteiger partial charge in [0.05, 0.1) is 0 Å². The third-order valence-corrected chi connectivity index (χ3v) is 1.43. The van der Waals surface area contributed by atoms with Gasteiger partial charge in [0.2, 0.25) is 0 Å². The van der Waals surface area contributed by atoms with E-state index in [0.29, 0.717) is 12.3 Å². The van der Waals surface area contributed by atoms with Crippen molar-refractivity contribution in [3.63, 3.8) is 0 Å². The van der Waals surface area contributed by atoms with Crippen LogP contribution < -0.4 is 0 Å². The van der Waals surface area contributed by atoms with Crippen molar-refractivity contribution < 1.29 is 4.79 Å². The van der Waals surface area contributed by atoms with Crippen molar-refractivity contribution in [2.75, 3.05) is 0 Å². The summed E-state index contributed by atoms with van der Waals surface area (Å²) in [4.78, 5) is 10.5. The van der Waals surface area contributed by atoms with E-state index in [4.69, 9.17) is 0 Å². The lowest BCUT2D eigenvalue weighted by Gasteiger charge is -2.06. The summed E-state index contributed by atoms with van der Waals surface area (Å²) in [6.07, 6.45) is 0.634. The van der Waals surface area contributed by atoms with Gasteiger partial charge in [0.25, 0.3) is 0 Å². The van der Waals surface area contributed by atoms with Crippen LogP contribution in [0.5, 0.6) is 0 Å². The maximum atomic E-state index is 10.5. The first-order valence-corrected chi connectivity index (χ1v) is 3.19. The highest BCUT2D eigenvalue weighted by Gasteiger charge is 2.03. The Labute approximate surface area is 56.8 Å². The predicted octanol–water partition coefficient (Wildman–Crippen LogP) is 2.18. The minimum absolute atomic E-state index is 0.241. The fourth-order valence-corrected chi connectivity index (χ4v) is 0.605. The average Bonchev–Trinajstić information content (AvgIpc) is 1.63. The molecular formula is C8H14O. The second-order valence-electron chi connectivity index (χ2n) is 2.65. The highest BCUT2D eigenvalue weighted by atomic mass is 16.1. The van der Waals surface area contributed by atoms with E-state index in [0.717, 1.165) is 5.57 Å². The first kappa shape index (κ1) is 8.41. The van der Waals surface area contributed by atoms with E-state index >= 15 is 0 Å². The number of rotatable bonds is 3. The molecule has 1 unspecified atom stereocenters. The van der Waals surface area contributed by atoms with E-state index in [1.54, 1.807) is 6.92 Å². The summed E-state index contributed by atoms with van der Waals surface area (Å²) in [5.74, 6) is 0.591. The SMILES string of the molecule is C=C(C)C(C)CC(C)=O. The van der Waals surface area contributed by atoms with Gasteiger partial charge in [0.15, 0.2) is 0 Å². The summed E-state index contributed by atoms with van der Waals surface area (Å²) in [6.45, 7) is 9.34. The summed E-state index contributed by atoms with van der Waals surface area (Å²) < 4.78 is 0. The smallest absolute Gasteiger partial charge is 0.130 e. The number of Topliss-reactive ketones (excluding diaryl/α,β-unsaturated/α-hetero) is 1. The Hall–Kier alpha value is -0.590. The molecule has 0 fully saturated rings. The van der Waals surface area contributed by atoms with E-state index in [1.165, 1.54) is 0 Å². The average molecular weight is 126 g/mol. The van der Waals surface area contributed by atoms with Crippen LogP contribution in [0.4, 0.5) is 0 Å². The van der Waals surface area contributed by atoms with Crippen molar-refractivity contribution in [3.05, 3.63) is 12.2 Å². The fraction of sp³-hybridized carbons (Fsp3) is 0.625. The van der Waals surface area contributed by atoms with Crippen molar-refractivity contribution in [1.29, 1.82) is 0 Å². The fourth-order valence-electron chi connectivity index (χ4n) is 0.605. The monoisotopic (exact) mass is 126 g/mol. The molecule has 0 aromatic heterocycles. The van der Waals surface area contributed by atoms with Gasteiger partial charge in [-0.3, -0.25) is 0 Å². The van der Waals surface area contributed by atoms with Crippen molar-refractivity contribution in [1.82, 2.24) is 0 Å². The van der Waals surface area contributed by atoms with Gasteiger partial charge in [-0.15, -0.1) is 0 Å². The molecule has 9 heavy (non-hydrogen) atoms. The Morgan fingerprint density at radius 2 is 2.00 bits per heavy atom. The molecule has 0 bridgehead atoms. The first-order valence-electron chi connectivity index (χ1n) is 3.19. The van der Waals surface area contributed by atoms with Crippen LogP contribution in [-0.4, -0.2) is 5.78 Å². The number of ketones is 1. The number of hydrogen-bond acceptors (Lipinski definition) is 1. The molecule has 0 aliphatic rings. The van der Waals surface area contributed by atoms with Gasteiger partial charge < -0.3 is 4.79 Å². The molecule has 0 spiro atoms. The molecule has 0 aliphatic heterocycles. The van der Waals surface area contributed by atoms with Crippen LogP contribution in [0.3, 0.4) is 0 Å². The van der Waals surface area contributed by atoms with Gasteiger partial charge in [-0.25, -0.2) is 0 Å². The van der Waals surface area contributed by atoms with E-state index in [2.05, 4.69) is 6.58 Å². The lowest BCUT2D eigenvalue weighted by molar-refractivity contribution is -0.117. The van der Waals surface area contributed by atoms with Crippen LogP contribution >= 0.6 is 0 Å². The highest BCUT2D eigenvalue weighted by Crippen LogP contribution is 2.10. The minimum Gasteiger partial charge on any atom is -0.300 e. The van der Waals surface area contributed by atoms with Crippen molar-refractivity contribution >= 4 is 5.78 Å². The van der Waals surface area contributed by atoms with Crippen LogP contribution in [-0.2, 0) is 4.79 Å². The molecule has 0 amide bonds. The van der Waals surface area contributed by atoms with Crippen molar-refractivity contribution in [2.45, 2.75) is 27.2 Å². The third kappa shape index (κ3) is 3.95. The highest BCUT2D eigenvalue weighted by molar-refractivity contribution is 5.75. The Balaban J connectivity index is 3.63. The molecule has 0 saturated heterocycles. The summed E-state index contributed by atoms with van der Waals surface area (Å²) in [7, 11) is 0. The van der Waals surface area contributed by atoms with Crippen molar-refractivity contribution in [3.8, 4) is 0 Å². The third-order valence-electron chi connectivity index (χ3n) is 1.43. The van der Waals surface area contributed by atoms with Crippen LogP contribution in [0.15, 0.2) is 12.2 Å². The first-order chi connectivity index (χ1) is 4.04. The van der Waals surface area contributed by atoms with Gasteiger partial charge in [-0.1, -0.05) is 19.1 Å². The standard InChI is InChI=1S/C8H14O/c1-6(2)7(3)5-8(4)9/h7H,1,5H2,2-4H3. The molecule has 0 aromatic rings.